The Hall–Kier alpha value is -2.36. The third-order valence-corrected chi connectivity index (χ3v) is 8.79. The van der Waals surface area contributed by atoms with Crippen molar-refractivity contribution in [2.45, 2.75) is 35.5 Å². The maximum Gasteiger partial charge on any atom is 0.243 e. The molecule has 4 rings (SSSR count). The van der Waals surface area contributed by atoms with Gasteiger partial charge in [0.1, 0.15) is 6.54 Å². The van der Waals surface area contributed by atoms with Crippen molar-refractivity contribution in [3.63, 3.8) is 0 Å². The Balaban J connectivity index is 1.49. The molecule has 2 aliphatic rings. The highest BCUT2D eigenvalue weighted by Crippen LogP contribution is 2.37. The predicted octanol–water partition coefficient (Wildman–Crippen LogP) is 2.83. The number of fused-ring (bicyclic) bond motifs is 1. The molecule has 1 saturated heterocycles. The summed E-state index contributed by atoms with van der Waals surface area (Å²) in [6.45, 7) is 3.37. The minimum absolute atomic E-state index is 0.136. The molecule has 2 heterocycles. The van der Waals surface area contributed by atoms with Crippen molar-refractivity contribution in [2.24, 2.45) is 0 Å². The maximum absolute atomic E-state index is 13.0. The Morgan fingerprint density at radius 2 is 1.84 bits per heavy atom. The molecule has 2 aromatic carbocycles. The second-order valence-electron chi connectivity index (χ2n) is 8.13. The number of hydrogen-bond acceptors (Lipinski definition) is 5. The van der Waals surface area contributed by atoms with E-state index in [0.29, 0.717) is 25.3 Å². The van der Waals surface area contributed by atoms with Crippen molar-refractivity contribution in [1.82, 2.24) is 9.62 Å². The van der Waals surface area contributed by atoms with Crippen LogP contribution in [-0.2, 0) is 19.6 Å². The fraction of sp³-hybridized carbons (Fsp3) is 0.391. The van der Waals surface area contributed by atoms with Gasteiger partial charge in [0, 0.05) is 24.5 Å². The highest BCUT2D eigenvalue weighted by molar-refractivity contribution is 8.00. The Labute approximate surface area is 193 Å². The zero-order chi connectivity index (χ0) is 22.7. The van der Waals surface area contributed by atoms with Crippen molar-refractivity contribution >= 4 is 39.3 Å². The Kier molecular flexibility index (Phi) is 6.88. The Morgan fingerprint density at radius 3 is 2.56 bits per heavy atom. The smallest absolute Gasteiger partial charge is 0.243 e. The maximum atomic E-state index is 13.0. The molecule has 32 heavy (non-hydrogen) atoms. The summed E-state index contributed by atoms with van der Waals surface area (Å²) >= 11 is 1.36. The Morgan fingerprint density at radius 1 is 1.12 bits per heavy atom. The van der Waals surface area contributed by atoms with E-state index >= 15 is 0 Å². The van der Waals surface area contributed by atoms with Gasteiger partial charge in [-0.2, -0.15) is 4.31 Å². The number of anilines is 1. The molecule has 1 fully saturated rings. The summed E-state index contributed by atoms with van der Waals surface area (Å²) in [6.07, 6.45) is 1.71. The van der Waals surface area contributed by atoms with Gasteiger partial charge in [-0.1, -0.05) is 37.3 Å². The number of amides is 2. The van der Waals surface area contributed by atoms with Gasteiger partial charge < -0.3 is 10.2 Å². The molecule has 0 aromatic heterocycles. The molecule has 0 spiro atoms. The Bertz CT molecular complexity index is 1100. The zero-order valence-corrected chi connectivity index (χ0v) is 19.6. The number of carbonyl (C=O) groups excluding carboxylic acids is 2. The number of carbonyl (C=O) groups is 2. The van der Waals surface area contributed by atoms with Crippen LogP contribution in [0.2, 0.25) is 0 Å². The molecular formula is C23H27N3O4S2. The molecule has 0 bridgehead atoms. The van der Waals surface area contributed by atoms with E-state index in [2.05, 4.69) is 5.32 Å². The molecule has 0 saturated carbocycles. The highest BCUT2D eigenvalue weighted by Gasteiger charge is 2.31. The van der Waals surface area contributed by atoms with Gasteiger partial charge in [-0.3, -0.25) is 9.59 Å². The van der Waals surface area contributed by atoms with E-state index in [-0.39, 0.29) is 34.9 Å². The van der Waals surface area contributed by atoms with Crippen molar-refractivity contribution in [3.05, 3.63) is 54.1 Å². The molecule has 1 N–H and O–H groups in total. The molecule has 1 unspecified atom stereocenters. The second kappa shape index (κ2) is 9.64. The summed E-state index contributed by atoms with van der Waals surface area (Å²) in [5, 5.41) is 2.90. The van der Waals surface area contributed by atoms with Gasteiger partial charge in [0.2, 0.25) is 21.8 Å². The van der Waals surface area contributed by atoms with E-state index in [1.165, 1.54) is 27.0 Å². The van der Waals surface area contributed by atoms with Crippen molar-refractivity contribution < 1.29 is 18.0 Å². The molecule has 2 aliphatic heterocycles. The quantitative estimate of drug-likeness (QED) is 0.668. The first-order valence-corrected chi connectivity index (χ1v) is 13.2. The minimum atomic E-state index is -3.61. The average Bonchev–Trinajstić information content (AvgIpc) is 3.35. The standard InChI is InChI=1S/C23H27N3O4S2/c1-17(18-7-3-2-4-8-18)14-24-22(27)15-26-20-13-19(9-10-21(20)31-16-23(26)28)32(29,30)25-11-5-6-12-25/h2-4,7-10,13,17H,5-6,11-12,14-16H2,1H3,(H,24,27). The third-order valence-electron chi connectivity index (χ3n) is 5.85. The van der Waals surface area contributed by atoms with Gasteiger partial charge in [0.15, 0.2) is 0 Å². The molecule has 2 amide bonds. The van der Waals surface area contributed by atoms with Gasteiger partial charge >= 0.3 is 0 Å². The van der Waals surface area contributed by atoms with Crippen LogP contribution in [0.5, 0.6) is 0 Å². The predicted molar refractivity (Wildman–Crippen MR) is 125 cm³/mol. The number of thioether (sulfide) groups is 1. The first-order chi connectivity index (χ1) is 15.4. The lowest BCUT2D eigenvalue weighted by molar-refractivity contribution is -0.123. The van der Waals surface area contributed by atoms with E-state index < -0.39 is 10.0 Å². The lowest BCUT2D eigenvalue weighted by Gasteiger charge is -2.29. The molecular weight excluding hydrogens is 446 g/mol. The van der Waals surface area contributed by atoms with E-state index in [0.717, 1.165) is 23.3 Å². The normalized spacial score (nSPS) is 17.8. The number of hydrogen-bond donors (Lipinski definition) is 1. The number of rotatable bonds is 7. The summed E-state index contributed by atoms with van der Waals surface area (Å²) in [5.74, 6) is -0.118. The van der Waals surface area contributed by atoms with Crippen LogP contribution >= 0.6 is 11.8 Å². The molecule has 0 radical (unpaired) electrons. The lowest BCUT2D eigenvalue weighted by atomic mass is 10.0. The van der Waals surface area contributed by atoms with Gasteiger partial charge in [0.05, 0.1) is 16.3 Å². The van der Waals surface area contributed by atoms with Crippen LogP contribution in [0.3, 0.4) is 0 Å². The van der Waals surface area contributed by atoms with Crippen molar-refractivity contribution in [3.8, 4) is 0 Å². The van der Waals surface area contributed by atoms with Crippen LogP contribution in [0.4, 0.5) is 5.69 Å². The van der Waals surface area contributed by atoms with Crippen LogP contribution < -0.4 is 10.2 Å². The third kappa shape index (κ3) is 4.84. The topological polar surface area (TPSA) is 86.8 Å². The molecule has 9 heteroatoms. The second-order valence-corrected chi connectivity index (χ2v) is 11.1. The summed E-state index contributed by atoms with van der Waals surface area (Å²) in [4.78, 5) is 27.7. The van der Waals surface area contributed by atoms with Crippen LogP contribution in [0.1, 0.15) is 31.2 Å². The number of nitrogens with zero attached hydrogens (tertiary/aromatic N) is 2. The molecule has 1 atom stereocenters. The van der Waals surface area contributed by atoms with E-state index in [9.17, 15) is 18.0 Å². The summed E-state index contributed by atoms with van der Waals surface area (Å²) in [5.41, 5.74) is 1.61. The van der Waals surface area contributed by atoms with Crippen LogP contribution in [-0.4, -0.2) is 56.5 Å². The monoisotopic (exact) mass is 473 g/mol. The van der Waals surface area contributed by atoms with Gasteiger partial charge in [0.25, 0.3) is 0 Å². The summed E-state index contributed by atoms with van der Waals surface area (Å²) in [6, 6.07) is 14.8. The summed E-state index contributed by atoms with van der Waals surface area (Å²) in [7, 11) is -3.61. The molecule has 170 valence electrons. The first-order valence-electron chi connectivity index (χ1n) is 10.8. The van der Waals surface area contributed by atoms with E-state index in [1.54, 1.807) is 12.1 Å². The fourth-order valence-corrected chi connectivity index (χ4v) is 6.41. The number of nitrogens with one attached hydrogen (secondary N) is 1. The zero-order valence-electron chi connectivity index (χ0n) is 18.0. The number of benzene rings is 2. The largest absolute Gasteiger partial charge is 0.354 e. The van der Waals surface area contributed by atoms with Crippen LogP contribution in [0, 0.1) is 0 Å². The van der Waals surface area contributed by atoms with Crippen LogP contribution in [0.15, 0.2) is 58.3 Å². The van der Waals surface area contributed by atoms with Crippen molar-refractivity contribution in [2.75, 3.05) is 36.8 Å². The first kappa shape index (κ1) is 22.8. The van der Waals surface area contributed by atoms with Crippen LogP contribution in [0.25, 0.3) is 0 Å². The molecule has 0 aliphatic carbocycles. The van der Waals surface area contributed by atoms with Gasteiger partial charge in [-0.15, -0.1) is 11.8 Å². The minimum Gasteiger partial charge on any atom is -0.354 e. The molecule has 2 aromatic rings. The van der Waals surface area contributed by atoms with E-state index in [1.807, 2.05) is 37.3 Å². The fourth-order valence-electron chi connectivity index (χ4n) is 3.96. The van der Waals surface area contributed by atoms with Crippen molar-refractivity contribution in [1.29, 1.82) is 0 Å². The van der Waals surface area contributed by atoms with E-state index in [4.69, 9.17) is 0 Å². The summed E-state index contributed by atoms with van der Waals surface area (Å²) < 4.78 is 27.4. The van der Waals surface area contributed by atoms with Gasteiger partial charge in [-0.25, -0.2) is 8.42 Å². The highest BCUT2D eigenvalue weighted by atomic mass is 32.2. The molecule has 7 nitrogen and oxygen atoms in total. The van der Waals surface area contributed by atoms with Gasteiger partial charge in [-0.05, 0) is 42.5 Å². The SMILES string of the molecule is CC(CNC(=O)CN1C(=O)CSc2ccc(S(=O)(=O)N3CCCC3)cc21)c1ccccc1. The average molecular weight is 474 g/mol. The number of sulfonamides is 1. The lowest BCUT2D eigenvalue weighted by Crippen LogP contribution is -2.44.